The largest absolute Gasteiger partial charge is 0.496 e. The third-order valence-corrected chi connectivity index (χ3v) is 12.8. The number of carbonyl (C=O) groups is 5. The standard InChI is InChI=1S/C44H53N7O9/c1-47(2)22-34-36(58-4)17-26(18-37(34)59-5)32-23-48(3)40(54)33-24-50(14-11-29(32)33)43(57)45-27-20-44(21-27)12-15-49(25-44)13-6-16-60-28-7-8-30-31(19-28)42(56)51(41(30)55)35-9-10-38(52)46-39(35)53/h7-8,17-19,23,27,35H,6,9-16,20-22,24-25H2,1-5H3,(H,45,57)(H,46,52,53). The fraction of sp³-hybridized carbons (Fsp3) is 0.500. The first kappa shape index (κ1) is 41.0. The molecule has 5 heterocycles. The van der Waals surface area contributed by atoms with Crippen LogP contribution in [0.4, 0.5) is 4.79 Å². The summed E-state index contributed by atoms with van der Waals surface area (Å²) in [6.45, 7) is 4.57. The van der Waals surface area contributed by atoms with E-state index in [1.807, 2.05) is 32.4 Å². The van der Waals surface area contributed by atoms with Crippen molar-refractivity contribution in [3.63, 3.8) is 0 Å². The first-order valence-electron chi connectivity index (χ1n) is 20.7. The van der Waals surface area contributed by atoms with Crippen LogP contribution in [0.25, 0.3) is 11.1 Å². The summed E-state index contributed by atoms with van der Waals surface area (Å²) in [6.07, 6.45) is 6.24. The van der Waals surface area contributed by atoms with Crippen molar-refractivity contribution in [3.05, 3.63) is 74.7 Å². The molecule has 2 saturated heterocycles. The lowest BCUT2D eigenvalue weighted by atomic mass is 9.65. The Hall–Kier alpha value is -5.74. The fourth-order valence-corrected chi connectivity index (χ4v) is 9.76. The molecule has 318 valence electrons. The summed E-state index contributed by atoms with van der Waals surface area (Å²) in [5.74, 6) is -0.262. The van der Waals surface area contributed by atoms with E-state index in [0.29, 0.717) is 48.9 Å². The van der Waals surface area contributed by atoms with Crippen LogP contribution in [-0.2, 0) is 36.1 Å². The van der Waals surface area contributed by atoms with Crippen LogP contribution >= 0.6 is 0 Å². The number of methoxy groups -OCH3 is 2. The van der Waals surface area contributed by atoms with Crippen LogP contribution in [0.15, 0.2) is 41.3 Å². The normalized spacial score (nSPS) is 22.5. The Balaban J connectivity index is 0.812. The number of nitrogens with one attached hydrogen (secondary N) is 2. The molecule has 3 fully saturated rings. The third kappa shape index (κ3) is 7.73. The Labute approximate surface area is 348 Å². The van der Waals surface area contributed by atoms with Gasteiger partial charge in [0.2, 0.25) is 11.8 Å². The van der Waals surface area contributed by atoms with Crippen molar-refractivity contribution in [1.82, 2.24) is 34.8 Å². The average molecular weight is 824 g/mol. The number of urea groups is 1. The number of hydrogen-bond donors (Lipinski definition) is 2. The maximum atomic E-state index is 13.6. The summed E-state index contributed by atoms with van der Waals surface area (Å²) in [5, 5.41) is 5.47. The van der Waals surface area contributed by atoms with Gasteiger partial charge in [0.1, 0.15) is 23.3 Å². The predicted molar refractivity (Wildman–Crippen MR) is 220 cm³/mol. The number of ether oxygens (including phenoxy) is 3. The monoisotopic (exact) mass is 823 g/mol. The van der Waals surface area contributed by atoms with Gasteiger partial charge in [-0.1, -0.05) is 0 Å². The molecule has 2 aromatic carbocycles. The number of nitrogens with zero attached hydrogens (tertiary/aromatic N) is 5. The van der Waals surface area contributed by atoms with Crippen molar-refractivity contribution < 1.29 is 38.2 Å². The average Bonchev–Trinajstić information content (AvgIpc) is 3.75. The van der Waals surface area contributed by atoms with Gasteiger partial charge < -0.3 is 38.8 Å². The summed E-state index contributed by atoms with van der Waals surface area (Å²) in [4.78, 5) is 84.4. The van der Waals surface area contributed by atoms with Crippen molar-refractivity contribution in [2.24, 2.45) is 12.5 Å². The van der Waals surface area contributed by atoms with Gasteiger partial charge in [-0.15, -0.1) is 0 Å². The maximum absolute atomic E-state index is 13.6. The van der Waals surface area contributed by atoms with Gasteiger partial charge in [-0.05, 0) is 106 Å². The van der Waals surface area contributed by atoms with E-state index in [1.165, 1.54) is 0 Å². The molecule has 5 aliphatic rings. The molecule has 6 amide bonds. The highest BCUT2D eigenvalue weighted by Crippen LogP contribution is 2.48. The minimum atomic E-state index is -1.01. The molecule has 60 heavy (non-hydrogen) atoms. The number of piperidine rings is 1. The Kier molecular flexibility index (Phi) is 11.2. The Bertz CT molecular complexity index is 2290. The molecule has 16 heteroatoms. The predicted octanol–water partition coefficient (Wildman–Crippen LogP) is 2.92. The van der Waals surface area contributed by atoms with Gasteiger partial charge in [0.05, 0.1) is 44.1 Å². The van der Waals surface area contributed by atoms with Crippen LogP contribution in [0.5, 0.6) is 17.2 Å². The van der Waals surface area contributed by atoms with E-state index in [0.717, 1.165) is 72.5 Å². The molecule has 3 aromatic rings. The minimum Gasteiger partial charge on any atom is -0.496 e. The SMILES string of the molecule is COc1cc(-c2cn(C)c(=O)c3c2CCN(C(=O)NC2CC4(CCN(CCCOc5ccc6c(c5)C(=O)N(C5CCC(=O)NC5=O)C6=O)C4)C2)C3)cc(OC)c1CN(C)C. The van der Waals surface area contributed by atoms with Gasteiger partial charge in [-0.3, -0.25) is 34.2 Å². The summed E-state index contributed by atoms with van der Waals surface area (Å²) >= 11 is 0. The van der Waals surface area contributed by atoms with Gasteiger partial charge in [-0.25, -0.2) is 4.79 Å². The van der Waals surface area contributed by atoms with E-state index < -0.39 is 29.7 Å². The zero-order valence-electron chi connectivity index (χ0n) is 34.9. The Morgan fingerprint density at radius 2 is 1.67 bits per heavy atom. The van der Waals surface area contributed by atoms with Crippen molar-refractivity contribution in [1.29, 1.82) is 0 Å². The van der Waals surface area contributed by atoms with Gasteiger partial charge in [0.15, 0.2) is 0 Å². The number of benzene rings is 2. The second-order valence-corrected chi connectivity index (χ2v) is 17.1. The lowest BCUT2D eigenvalue weighted by Crippen LogP contribution is -2.55. The maximum Gasteiger partial charge on any atom is 0.317 e. The number of hydrogen-bond acceptors (Lipinski definition) is 11. The van der Waals surface area contributed by atoms with Crippen LogP contribution in [0.2, 0.25) is 0 Å². The van der Waals surface area contributed by atoms with Gasteiger partial charge >= 0.3 is 6.03 Å². The zero-order valence-corrected chi connectivity index (χ0v) is 34.9. The Morgan fingerprint density at radius 1 is 0.933 bits per heavy atom. The van der Waals surface area contributed by atoms with E-state index in [1.54, 1.807) is 48.9 Å². The molecule has 1 unspecified atom stereocenters. The highest BCUT2D eigenvalue weighted by Gasteiger charge is 2.49. The number of likely N-dealkylation sites (tertiary alicyclic amines) is 1. The number of aromatic nitrogens is 1. The highest BCUT2D eigenvalue weighted by molar-refractivity contribution is 6.23. The second kappa shape index (κ2) is 16.4. The van der Waals surface area contributed by atoms with Crippen LogP contribution in [0, 0.1) is 5.41 Å². The highest BCUT2D eigenvalue weighted by atomic mass is 16.5. The van der Waals surface area contributed by atoms with Crippen LogP contribution in [0.1, 0.15) is 75.9 Å². The molecule has 2 N–H and O–H groups in total. The number of rotatable bonds is 12. The smallest absolute Gasteiger partial charge is 0.317 e. The van der Waals surface area contributed by atoms with Crippen LogP contribution in [-0.4, -0.2) is 127 Å². The first-order valence-corrected chi connectivity index (χ1v) is 20.7. The molecule has 16 nitrogen and oxygen atoms in total. The van der Waals surface area contributed by atoms with Gasteiger partial charge in [-0.2, -0.15) is 0 Å². The second-order valence-electron chi connectivity index (χ2n) is 17.1. The molecule has 1 saturated carbocycles. The van der Waals surface area contributed by atoms with Gasteiger partial charge in [0.25, 0.3) is 17.4 Å². The van der Waals surface area contributed by atoms with E-state index in [2.05, 4.69) is 20.4 Å². The number of amides is 6. The molecule has 0 radical (unpaired) electrons. The lowest BCUT2D eigenvalue weighted by molar-refractivity contribution is -0.136. The van der Waals surface area contributed by atoms with Crippen molar-refractivity contribution >= 4 is 29.7 Å². The molecule has 0 bridgehead atoms. The summed E-state index contributed by atoms with van der Waals surface area (Å²) < 4.78 is 19.2. The zero-order chi connectivity index (χ0) is 42.5. The summed E-state index contributed by atoms with van der Waals surface area (Å²) in [5.41, 5.74) is 4.82. The minimum absolute atomic E-state index is 0.0659. The number of pyridine rings is 1. The fourth-order valence-electron chi connectivity index (χ4n) is 9.76. The third-order valence-electron chi connectivity index (χ3n) is 12.8. The van der Waals surface area contributed by atoms with Crippen molar-refractivity contribution in [2.45, 2.75) is 70.1 Å². The number of carbonyl (C=O) groups excluding carboxylic acids is 5. The molecule has 1 aromatic heterocycles. The van der Waals surface area contributed by atoms with E-state index >= 15 is 0 Å². The van der Waals surface area contributed by atoms with Crippen LogP contribution in [0.3, 0.4) is 0 Å². The first-order chi connectivity index (χ1) is 28.8. The summed E-state index contributed by atoms with van der Waals surface area (Å²) in [6, 6.07) is 7.69. The summed E-state index contributed by atoms with van der Waals surface area (Å²) in [7, 11) is 9.02. The lowest BCUT2D eigenvalue weighted by Gasteiger charge is -2.46. The Morgan fingerprint density at radius 3 is 2.37 bits per heavy atom. The molecule has 4 aliphatic heterocycles. The van der Waals surface area contributed by atoms with E-state index in [9.17, 15) is 28.8 Å². The topological polar surface area (TPSA) is 172 Å². The quantitative estimate of drug-likeness (QED) is 0.203. The molecule has 8 rings (SSSR count). The molecular weight excluding hydrogens is 771 g/mol. The number of fused-ring (bicyclic) bond motifs is 2. The molecule has 1 spiro atoms. The van der Waals surface area contributed by atoms with Crippen LogP contribution < -0.4 is 30.4 Å². The van der Waals surface area contributed by atoms with E-state index in [-0.39, 0.29) is 53.6 Å². The number of aryl methyl sites for hydroxylation is 1. The van der Waals surface area contributed by atoms with Crippen molar-refractivity contribution in [3.8, 4) is 28.4 Å². The molecule has 1 atom stereocenters. The van der Waals surface area contributed by atoms with Gasteiger partial charge in [0, 0.05) is 63.0 Å². The number of imide groups is 2. The van der Waals surface area contributed by atoms with Crippen molar-refractivity contribution in [2.75, 3.05) is 61.1 Å². The van der Waals surface area contributed by atoms with E-state index in [4.69, 9.17) is 14.2 Å². The molecule has 1 aliphatic carbocycles. The molecular formula is C44H53N7O9.